The minimum absolute atomic E-state index is 0.110. The topological polar surface area (TPSA) is 88.6 Å². The van der Waals surface area contributed by atoms with Gasteiger partial charge in [0.1, 0.15) is 26.4 Å². The van der Waals surface area contributed by atoms with Gasteiger partial charge in [0.25, 0.3) is 5.91 Å². The smallest absolute Gasteiger partial charge is 0.267 e. The molecule has 162 valence electrons. The van der Waals surface area contributed by atoms with Crippen molar-refractivity contribution >= 4 is 33.0 Å². The summed E-state index contributed by atoms with van der Waals surface area (Å²) in [7, 11) is -4.08. The summed E-state index contributed by atoms with van der Waals surface area (Å²) in [6.45, 7) is 0.704. The number of benzene rings is 2. The number of carbonyl (C=O) groups excluding carboxylic acids is 1. The van der Waals surface area contributed by atoms with E-state index in [9.17, 15) is 22.0 Å². The van der Waals surface area contributed by atoms with Gasteiger partial charge in [-0.25, -0.2) is 22.2 Å². The van der Waals surface area contributed by atoms with E-state index in [4.69, 9.17) is 4.74 Å². The average molecular weight is 466 g/mol. The molecule has 0 radical (unpaired) electrons. The summed E-state index contributed by atoms with van der Waals surface area (Å²) in [5.41, 5.74) is 0.381. The number of anilines is 1. The maximum atomic E-state index is 14.3. The molecule has 7 nitrogen and oxygen atoms in total. The summed E-state index contributed by atoms with van der Waals surface area (Å²) in [5.74, 6) is -1.94. The Morgan fingerprint density at radius 1 is 1.10 bits per heavy atom. The molecule has 0 bridgehead atoms. The highest BCUT2D eigenvalue weighted by atomic mass is 32.2. The molecule has 0 aliphatic carbocycles. The highest BCUT2D eigenvalue weighted by Gasteiger charge is 2.29. The van der Waals surface area contributed by atoms with Crippen LogP contribution < -0.4 is 5.32 Å². The van der Waals surface area contributed by atoms with Crippen LogP contribution >= 0.6 is 11.3 Å². The Labute approximate surface area is 181 Å². The Morgan fingerprint density at radius 2 is 1.84 bits per heavy atom. The zero-order valence-corrected chi connectivity index (χ0v) is 17.7. The molecular formula is C20H17F2N3O4S2. The van der Waals surface area contributed by atoms with E-state index in [2.05, 4.69) is 10.3 Å². The SMILES string of the molecule is O=C(Nc1ccc(F)c(S(=O)(=O)N2CCOCC2)c1)c1cnc(-c2ccccc2F)s1. The molecule has 1 amide bonds. The van der Waals surface area contributed by atoms with Crippen LogP contribution in [0.5, 0.6) is 0 Å². The number of ether oxygens (including phenoxy) is 1. The van der Waals surface area contributed by atoms with Gasteiger partial charge in [-0.1, -0.05) is 12.1 Å². The van der Waals surface area contributed by atoms with Gasteiger partial charge in [0.2, 0.25) is 10.0 Å². The molecule has 1 aliphatic heterocycles. The van der Waals surface area contributed by atoms with Gasteiger partial charge in [0.15, 0.2) is 0 Å². The number of sulfonamides is 1. The monoisotopic (exact) mass is 465 g/mol. The fourth-order valence-corrected chi connectivity index (χ4v) is 5.37. The third-order valence-corrected chi connectivity index (χ3v) is 7.55. The number of amides is 1. The van der Waals surface area contributed by atoms with E-state index in [0.717, 1.165) is 27.8 Å². The van der Waals surface area contributed by atoms with Crippen molar-refractivity contribution in [2.24, 2.45) is 0 Å². The third kappa shape index (κ3) is 4.49. The molecule has 1 saturated heterocycles. The number of halogens is 2. The first-order valence-corrected chi connectivity index (χ1v) is 11.5. The summed E-state index contributed by atoms with van der Waals surface area (Å²) in [6, 6.07) is 9.40. The van der Waals surface area contributed by atoms with Gasteiger partial charge in [-0.3, -0.25) is 4.79 Å². The minimum atomic E-state index is -4.08. The fourth-order valence-electron chi connectivity index (χ4n) is 3.04. The molecule has 2 aromatic carbocycles. The molecule has 1 fully saturated rings. The maximum absolute atomic E-state index is 14.3. The van der Waals surface area contributed by atoms with E-state index in [-0.39, 0.29) is 42.4 Å². The molecule has 31 heavy (non-hydrogen) atoms. The van der Waals surface area contributed by atoms with Crippen molar-refractivity contribution in [3.63, 3.8) is 0 Å². The number of hydrogen-bond acceptors (Lipinski definition) is 6. The number of aromatic nitrogens is 1. The quantitative estimate of drug-likeness (QED) is 0.624. The Kier molecular flexibility index (Phi) is 6.10. The number of nitrogens with one attached hydrogen (secondary N) is 1. The van der Waals surface area contributed by atoms with Crippen molar-refractivity contribution in [3.8, 4) is 10.6 Å². The Hall–Kier alpha value is -2.73. The zero-order valence-electron chi connectivity index (χ0n) is 16.0. The van der Waals surface area contributed by atoms with Gasteiger partial charge in [-0.2, -0.15) is 4.31 Å². The minimum Gasteiger partial charge on any atom is -0.379 e. The number of thiazole rings is 1. The normalized spacial score (nSPS) is 15.0. The van der Waals surface area contributed by atoms with E-state index < -0.39 is 32.5 Å². The number of carbonyl (C=O) groups is 1. The lowest BCUT2D eigenvalue weighted by molar-refractivity contribution is 0.0729. The van der Waals surface area contributed by atoms with Crippen LogP contribution in [0.25, 0.3) is 10.6 Å². The van der Waals surface area contributed by atoms with Gasteiger partial charge in [0, 0.05) is 24.3 Å². The molecule has 2 heterocycles. The Balaban J connectivity index is 1.56. The lowest BCUT2D eigenvalue weighted by Crippen LogP contribution is -2.40. The molecule has 1 N–H and O–H groups in total. The van der Waals surface area contributed by atoms with E-state index in [1.54, 1.807) is 18.2 Å². The number of nitrogens with zero attached hydrogens (tertiary/aromatic N) is 2. The van der Waals surface area contributed by atoms with Crippen molar-refractivity contribution in [3.05, 3.63) is 65.2 Å². The van der Waals surface area contributed by atoms with Crippen molar-refractivity contribution in [1.29, 1.82) is 0 Å². The number of hydrogen-bond donors (Lipinski definition) is 1. The van der Waals surface area contributed by atoms with E-state index >= 15 is 0 Å². The van der Waals surface area contributed by atoms with E-state index in [1.165, 1.54) is 18.3 Å². The van der Waals surface area contributed by atoms with Crippen LogP contribution in [-0.4, -0.2) is 49.9 Å². The van der Waals surface area contributed by atoms with Crippen LogP contribution in [0.3, 0.4) is 0 Å². The van der Waals surface area contributed by atoms with E-state index in [0.29, 0.717) is 5.01 Å². The standard InChI is InChI=1S/C20H17F2N3O4S2/c21-15-4-2-1-3-14(15)20-23-12-17(30-20)19(26)24-13-5-6-16(22)18(11-13)31(27,28)25-7-9-29-10-8-25/h1-6,11-12H,7-10H2,(H,24,26). The first-order valence-electron chi connectivity index (χ1n) is 9.26. The highest BCUT2D eigenvalue weighted by molar-refractivity contribution is 7.89. The number of rotatable bonds is 5. The summed E-state index contributed by atoms with van der Waals surface area (Å²) in [6.07, 6.45) is 1.30. The lowest BCUT2D eigenvalue weighted by Gasteiger charge is -2.26. The highest BCUT2D eigenvalue weighted by Crippen LogP contribution is 2.28. The molecule has 0 unspecified atom stereocenters. The second-order valence-electron chi connectivity index (χ2n) is 6.63. The predicted octanol–water partition coefficient (Wildman–Crippen LogP) is 3.36. The molecular weight excluding hydrogens is 448 g/mol. The summed E-state index contributed by atoms with van der Waals surface area (Å²) >= 11 is 0.986. The molecule has 11 heteroatoms. The Bertz CT molecular complexity index is 1220. The van der Waals surface area contributed by atoms with Gasteiger partial charge >= 0.3 is 0 Å². The summed E-state index contributed by atoms with van der Waals surface area (Å²) in [4.78, 5) is 16.3. The molecule has 0 spiro atoms. The van der Waals surface area contributed by atoms with Crippen LogP contribution in [0.1, 0.15) is 9.67 Å². The molecule has 1 aliphatic rings. The van der Waals surface area contributed by atoms with Gasteiger partial charge in [-0.15, -0.1) is 11.3 Å². The lowest BCUT2D eigenvalue weighted by atomic mass is 10.2. The average Bonchev–Trinajstić information content (AvgIpc) is 3.26. The van der Waals surface area contributed by atoms with Crippen molar-refractivity contribution in [2.75, 3.05) is 31.6 Å². The third-order valence-electron chi connectivity index (χ3n) is 4.61. The van der Waals surface area contributed by atoms with Gasteiger partial charge in [0.05, 0.1) is 19.4 Å². The van der Waals surface area contributed by atoms with Crippen LogP contribution in [-0.2, 0) is 14.8 Å². The second-order valence-corrected chi connectivity index (χ2v) is 9.56. The second kappa shape index (κ2) is 8.79. The summed E-state index contributed by atoms with van der Waals surface area (Å²) < 4.78 is 60.1. The molecule has 0 saturated carbocycles. The van der Waals surface area contributed by atoms with Crippen molar-refractivity contribution in [1.82, 2.24) is 9.29 Å². The van der Waals surface area contributed by atoms with E-state index in [1.807, 2.05) is 0 Å². The van der Waals surface area contributed by atoms with Crippen molar-refractivity contribution < 1.29 is 26.7 Å². The maximum Gasteiger partial charge on any atom is 0.267 e. The first kappa shape index (κ1) is 21.5. The molecule has 3 aromatic rings. The molecule has 4 rings (SSSR count). The van der Waals surface area contributed by atoms with Crippen LogP contribution in [0.2, 0.25) is 0 Å². The Morgan fingerprint density at radius 3 is 2.58 bits per heavy atom. The fraction of sp³-hybridized carbons (Fsp3) is 0.200. The number of morpholine rings is 1. The molecule has 0 atom stereocenters. The summed E-state index contributed by atoms with van der Waals surface area (Å²) in [5, 5.41) is 2.88. The van der Waals surface area contributed by atoms with Crippen LogP contribution in [0.15, 0.2) is 53.6 Å². The van der Waals surface area contributed by atoms with Crippen LogP contribution in [0, 0.1) is 11.6 Å². The van der Waals surface area contributed by atoms with Gasteiger partial charge < -0.3 is 10.1 Å². The van der Waals surface area contributed by atoms with Crippen LogP contribution in [0.4, 0.5) is 14.5 Å². The first-order chi connectivity index (χ1) is 14.9. The predicted molar refractivity (Wildman–Crippen MR) is 111 cm³/mol. The largest absolute Gasteiger partial charge is 0.379 e. The zero-order chi connectivity index (χ0) is 22.0. The molecule has 1 aromatic heterocycles. The van der Waals surface area contributed by atoms with Crippen molar-refractivity contribution in [2.45, 2.75) is 4.90 Å². The van der Waals surface area contributed by atoms with Gasteiger partial charge in [-0.05, 0) is 30.3 Å².